The van der Waals surface area contributed by atoms with Crippen LogP contribution in [0.2, 0.25) is 5.02 Å². The molecular weight excluding hydrogens is 305 g/mol. The molecule has 1 heterocycles. The van der Waals surface area contributed by atoms with Crippen molar-refractivity contribution in [1.82, 2.24) is 4.90 Å². The first-order valence-electron chi connectivity index (χ1n) is 5.99. The summed E-state index contributed by atoms with van der Waals surface area (Å²) in [7, 11) is 0. The number of non-ortho nitro benzene ring substituents is 1. The summed E-state index contributed by atoms with van der Waals surface area (Å²) in [4.78, 5) is 24.2. The van der Waals surface area contributed by atoms with Crippen molar-refractivity contribution in [1.29, 1.82) is 0 Å². The van der Waals surface area contributed by atoms with Gasteiger partial charge >= 0.3 is 0 Å². The van der Waals surface area contributed by atoms with Crippen molar-refractivity contribution < 1.29 is 9.72 Å². The molecular formula is C12H15Cl2N3O3. The minimum atomic E-state index is -0.562. The van der Waals surface area contributed by atoms with Crippen molar-refractivity contribution >= 4 is 35.6 Å². The van der Waals surface area contributed by atoms with Gasteiger partial charge in [-0.1, -0.05) is 11.6 Å². The highest BCUT2D eigenvalue weighted by atomic mass is 35.5. The predicted molar refractivity (Wildman–Crippen MR) is 78.5 cm³/mol. The van der Waals surface area contributed by atoms with Gasteiger partial charge in [-0.05, 0) is 18.9 Å². The highest BCUT2D eigenvalue weighted by Gasteiger charge is 2.29. The van der Waals surface area contributed by atoms with Crippen LogP contribution in [0.1, 0.15) is 23.2 Å². The minimum Gasteiger partial charge on any atom is -0.334 e. The molecule has 1 aliphatic heterocycles. The third-order valence-electron chi connectivity index (χ3n) is 3.25. The Morgan fingerprint density at radius 1 is 1.50 bits per heavy atom. The number of hydrogen-bond donors (Lipinski definition) is 1. The van der Waals surface area contributed by atoms with Gasteiger partial charge in [0, 0.05) is 41.9 Å². The van der Waals surface area contributed by atoms with Crippen molar-refractivity contribution in [2.24, 2.45) is 5.73 Å². The second-order valence-electron chi connectivity index (χ2n) is 4.49. The lowest BCUT2D eigenvalue weighted by Gasteiger charge is -2.23. The van der Waals surface area contributed by atoms with E-state index in [9.17, 15) is 14.9 Å². The first-order valence-corrected chi connectivity index (χ1v) is 6.36. The lowest BCUT2D eigenvalue weighted by Crippen LogP contribution is -2.39. The van der Waals surface area contributed by atoms with Gasteiger partial charge in [0.15, 0.2) is 0 Å². The maximum Gasteiger partial charge on any atom is 0.271 e. The van der Waals surface area contributed by atoms with Gasteiger partial charge in [0.1, 0.15) is 0 Å². The van der Waals surface area contributed by atoms with Crippen LogP contribution in [-0.4, -0.2) is 34.9 Å². The van der Waals surface area contributed by atoms with E-state index in [0.29, 0.717) is 13.1 Å². The van der Waals surface area contributed by atoms with E-state index in [4.69, 9.17) is 17.3 Å². The van der Waals surface area contributed by atoms with Gasteiger partial charge < -0.3 is 10.6 Å². The van der Waals surface area contributed by atoms with Gasteiger partial charge in [0.2, 0.25) is 0 Å². The fraction of sp³-hybridized carbons (Fsp3) is 0.417. The Labute approximate surface area is 127 Å². The fourth-order valence-electron chi connectivity index (χ4n) is 2.32. The van der Waals surface area contributed by atoms with Crippen molar-refractivity contribution in [3.05, 3.63) is 38.9 Å². The number of hydrogen-bond acceptors (Lipinski definition) is 4. The van der Waals surface area contributed by atoms with E-state index in [1.807, 2.05) is 0 Å². The molecule has 2 N–H and O–H groups in total. The Kier molecular flexibility index (Phi) is 5.74. The summed E-state index contributed by atoms with van der Waals surface area (Å²) >= 11 is 5.82. The Hall–Kier alpha value is -1.37. The Morgan fingerprint density at radius 3 is 2.80 bits per heavy atom. The quantitative estimate of drug-likeness (QED) is 0.683. The first kappa shape index (κ1) is 16.7. The highest BCUT2D eigenvalue weighted by molar-refractivity contribution is 6.31. The van der Waals surface area contributed by atoms with Crippen molar-refractivity contribution in [2.45, 2.75) is 18.9 Å². The molecule has 1 aromatic carbocycles. The van der Waals surface area contributed by atoms with Gasteiger partial charge in [-0.25, -0.2) is 0 Å². The number of nitro benzene ring substituents is 1. The van der Waals surface area contributed by atoms with Gasteiger partial charge in [0.25, 0.3) is 11.6 Å². The number of carbonyl (C=O) groups excluding carboxylic acids is 1. The molecule has 110 valence electrons. The summed E-state index contributed by atoms with van der Waals surface area (Å²) in [6.07, 6.45) is 1.77. The van der Waals surface area contributed by atoms with Gasteiger partial charge in [0.05, 0.1) is 4.92 Å². The number of nitrogens with zero attached hydrogens (tertiary/aromatic N) is 2. The molecule has 1 atom stereocenters. The summed E-state index contributed by atoms with van der Waals surface area (Å²) in [6, 6.07) is 3.93. The summed E-state index contributed by atoms with van der Waals surface area (Å²) in [5, 5.41) is 11.0. The Bertz CT molecular complexity index is 525. The number of nitrogens with two attached hydrogens (primary N) is 1. The number of benzene rings is 1. The lowest BCUT2D eigenvalue weighted by atomic mass is 10.1. The van der Waals surface area contributed by atoms with E-state index in [1.54, 1.807) is 4.90 Å². The third-order valence-corrected chi connectivity index (χ3v) is 3.47. The lowest BCUT2D eigenvalue weighted by molar-refractivity contribution is -0.384. The molecule has 0 saturated carbocycles. The molecule has 1 saturated heterocycles. The molecule has 8 heteroatoms. The number of halogens is 2. The smallest absolute Gasteiger partial charge is 0.271 e. The first-order chi connectivity index (χ1) is 9.02. The van der Waals surface area contributed by atoms with Crippen LogP contribution in [0.5, 0.6) is 0 Å². The van der Waals surface area contributed by atoms with Crippen molar-refractivity contribution in [3.8, 4) is 0 Å². The Morgan fingerprint density at radius 2 is 2.20 bits per heavy atom. The highest BCUT2D eigenvalue weighted by Crippen LogP contribution is 2.24. The molecule has 1 aliphatic rings. The molecule has 0 spiro atoms. The summed E-state index contributed by atoms with van der Waals surface area (Å²) in [5.41, 5.74) is 5.67. The van der Waals surface area contributed by atoms with E-state index in [0.717, 1.165) is 12.8 Å². The maximum absolute atomic E-state index is 12.3. The molecule has 1 amide bonds. The third kappa shape index (κ3) is 3.39. The average Bonchev–Trinajstić information content (AvgIpc) is 2.85. The molecule has 0 radical (unpaired) electrons. The summed E-state index contributed by atoms with van der Waals surface area (Å²) < 4.78 is 0. The van der Waals surface area contributed by atoms with Gasteiger partial charge in [-0.15, -0.1) is 12.4 Å². The van der Waals surface area contributed by atoms with Crippen LogP contribution in [0.25, 0.3) is 0 Å². The number of likely N-dealkylation sites (tertiary alicyclic amines) is 1. The Balaban J connectivity index is 0.00000200. The molecule has 6 nitrogen and oxygen atoms in total. The van der Waals surface area contributed by atoms with E-state index >= 15 is 0 Å². The van der Waals surface area contributed by atoms with E-state index in [-0.39, 0.29) is 40.6 Å². The molecule has 1 aromatic rings. The zero-order valence-corrected chi connectivity index (χ0v) is 12.2. The van der Waals surface area contributed by atoms with E-state index in [1.165, 1.54) is 18.2 Å². The monoisotopic (exact) mass is 319 g/mol. The van der Waals surface area contributed by atoms with Crippen molar-refractivity contribution in [3.63, 3.8) is 0 Å². The summed E-state index contributed by atoms with van der Waals surface area (Å²) in [6.45, 7) is 1.02. The van der Waals surface area contributed by atoms with Crippen LogP contribution in [-0.2, 0) is 0 Å². The van der Waals surface area contributed by atoms with E-state index in [2.05, 4.69) is 0 Å². The topological polar surface area (TPSA) is 89.5 Å². The van der Waals surface area contributed by atoms with E-state index < -0.39 is 4.92 Å². The molecule has 2 rings (SSSR count). The van der Waals surface area contributed by atoms with Crippen LogP contribution in [0.15, 0.2) is 18.2 Å². The number of amides is 1. The molecule has 20 heavy (non-hydrogen) atoms. The van der Waals surface area contributed by atoms with Crippen molar-refractivity contribution in [2.75, 3.05) is 13.1 Å². The summed E-state index contributed by atoms with van der Waals surface area (Å²) in [5.74, 6) is -0.251. The number of nitro groups is 1. The number of rotatable bonds is 3. The van der Waals surface area contributed by atoms with Gasteiger partial charge in [-0.3, -0.25) is 14.9 Å². The van der Waals surface area contributed by atoms with Gasteiger partial charge in [-0.2, -0.15) is 0 Å². The number of carbonyl (C=O) groups is 1. The molecule has 1 unspecified atom stereocenters. The standard InChI is InChI=1S/C12H14ClN3O3.ClH/c13-9-4-8(5-11(6-9)16(18)19)12(17)15-3-1-2-10(15)7-14;/h4-6,10H,1-3,7,14H2;1H. The zero-order chi connectivity index (χ0) is 14.0. The SMILES string of the molecule is Cl.NCC1CCCN1C(=O)c1cc(Cl)cc([N+](=O)[O-])c1. The van der Waals surface area contributed by atoms with Crippen LogP contribution in [0.3, 0.4) is 0 Å². The molecule has 0 aliphatic carbocycles. The molecule has 0 aromatic heterocycles. The van der Waals surface area contributed by atoms with Crippen LogP contribution in [0.4, 0.5) is 5.69 Å². The largest absolute Gasteiger partial charge is 0.334 e. The van der Waals surface area contributed by atoms with Crippen LogP contribution in [0, 0.1) is 10.1 Å². The predicted octanol–water partition coefficient (Wildman–Crippen LogP) is 2.23. The zero-order valence-electron chi connectivity index (χ0n) is 10.6. The molecule has 1 fully saturated rings. The average molecular weight is 320 g/mol. The second kappa shape index (κ2) is 6.88. The fourth-order valence-corrected chi connectivity index (χ4v) is 2.55. The molecule has 0 bridgehead atoms. The van der Waals surface area contributed by atoms with Crippen LogP contribution < -0.4 is 5.73 Å². The van der Waals surface area contributed by atoms with Crippen LogP contribution >= 0.6 is 24.0 Å². The second-order valence-corrected chi connectivity index (χ2v) is 4.92. The normalized spacial score (nSPS) is 17.7. The minimum absolute atomic E-state index is 0. The maximum atomic E-state index is 12.3.